The second-order valence-corrected chi connectivity index (χ2v) is 9.04. The first-order chi connectivity index (χ1) is 18.0. The Morgan fingerprint density at radius 1 is 1.11 bits per heavy atom. The summed E-state index contributed by atoms with van der Waals surface area (Å²) in [7, 11) is 0. The van der Waals surface area contributed by atoms with Crippen molar-refractivity contribution in [1.82, 2.24) is 25.5 Å². The third-order valence-corrected chi connectivity index (χ3v) is 6.29. The number of rotatable bonds is 6. The highest BCUT2D eigenvalue weighted by Gasteiger charge is 2.18. The van der Waals surface area contributed by atoms with Gasteiger partial charge in [0, 0.05) is 55.6 Å². The number of benzene rings is 1. The van der Waals surface area contributed by atoms with Gasteiger partial charge in [-0.3, -0.25) is 14.6 Å². The summed E-state index contributed by atoms with van der Waals surface area (Å²) >= 11 is 6.50. The zero-order chi connectivity index (χ0) is 25.8. The zero-order valence-corrected chi connectivity index (χ0v) is 20.7. The molecular weight excluding hydrogens is 492 g/mol. The van der Waals surface area contributed by atoms with E-state index in [4.69, 9.17) is 21.8 Å². The normalized spacial score (nSPS) is 13.8. The molecule has 4 N–H and O–H groups in total. The van der Waals surface area contributed by atoms with Crippen molar-refractivity contribution in [3.63, 3.8) is 0 Å². The summed E-state index contributed by atoms with van der Waals surface area (Å²) in [4.78, 5) is 35.2. The molecule has 1 saturated heterocycles. The molecule has 1 aliphatic heterocycles. The molecule has 0 spiro atoms. The number of nitrogen functional groups attached to an aromatic ring is 1. The van der Waals surface area contributed by atoms with E-state index >= 15 is 0 Å². The van der Waals surface area contributed by atoms with Gasteiger partial charge in [0.05, 0.1) is 22.8 Å². The van der Waals surface area contributed by atoms with Crippen LogP contribution < -0.4 is 16.4 Å². The molecule has 0 aliphatic carbocycles. The van der Waals surface area contributed by atoms with E-state index in [0.717, 1.165) is 29.6 Å². The number of piperazine rings is 1. The molecule has 0 unspecified atom stereocenters. The first-order valence-electron chi connectivity index (χ1n) is 11.8. The van der Waals surface area contributed by atoms with Gasteiger partial charge in [-0.25, -0.2) is 4.98 Å². The summed E-state index contributed by atoms with van der Waals surface area (Å²) in [6, 6.07) is 12.6. The number of nitrogens with zero attached hydrogens (tertiary/aromatic N) is 3. The number of halogens is 1. The van der Waals surface area contributed by atoms with E-state index in [9.17, 15) is 9.59 Å². The average Bonchev–Trinajstić information content (AvgIpc) is 3.35. The maximum atomic E-state index is 12.7. The highest BCUT2D eigenvalue weighted by Crippen LogP contribution is 2.32. The van der Waals surface area contributed by atoms with Crippen LogP contribution in [0.3, 0.4) is 0 Å². The highest BCUT2D eigenvalue weighted by molar-refractivity contribution is 6.35. The molecule has 0 radical (unpaired) electrons. The zero-order valence-electron chi connectivity index (χ0n) is 19.9. The van der Waals surface area contributed by atoms with Crippen LogP contribution in [0.25, 0.3) is 28.3 Å². The number of furan rings is 1. The lowest BCUT2D eigenvalue weighted by molar-refractivity contribution is -0.116. The van der Waals surface area contributed by atoms with Crippen molar-refractivity contribution in [3.8, 4) is 11.3 Å². The molecule has 1 fully saturated rings. The fourth-order valence-corrected chi connectivity index (χ4v) is 4.33. The standard InChI is InChI=1S/C27H25ClN6O3/c28-22-13-19(23-4-3-18(15-31-23)27(36)34-9-7-30-8-10-34)11-20-12-21(37-26(20)22)16-33-25(35)6-2-17-1-5-24(29)32-14-17/h1-6,11-15,30H,7-10,16H2,(H2,29,32)(H,33,35)/b6-2+. The van der Waals surface area contributed by atoms with Gasteiger partial charge < -0.3 is 25.7 Å². The van der Waals surface area contributed by atoms with Crippen LogP contribution in [0.2, 0.25) is 5.02 Å². The van der Waals surface area contributed by atoms with Gasteiger partial charge in [-0.2, -0.15) is 0 Å². The Kier molecular flexibility index (Phi) is 7.16. The van der Waals surface area contributed by atoms with Gasteiger partial charge in [-0.15, -0.1) is 0 Å². The Morgan fingerprint density at radius 2 is 1.95 bits per heavy atom. The lowest BCUT2D eigenvalue weighted by atomic mass is 10.1. The molecule has 2 amide bonds. The van der Waals surface area contributed by atoms with Crippen LogP contribution in [0.1, 0.15) is 21.7 Å². The Labute approximate surface area is 218 Å². The van der Waals surface area contributed by atoms with Crippen molar-refractivity contribution >= 4 is 46.3 Å². The summed E-state index contributed by atoms with van der Waals surface area (Å²) in [5, 5.41) is 7.26. The largest absolute Gasteiger partial charge is 0.458 e. The van der Waals surface area contributed by atoms with Crippen LogP contribution in [-0.2, 0) is 11.3 Å². The minimum atomic E-state index is -0.274. The van der Waals surface area contributed by atoms with E-state index in [1.165, 1.54) is 6.08 Å². The third kappa shape index (κ3) is 5.79. The number of carbonyl (C=O) groups excluding carboxylic acids is 2. The minimum Gasteiger partial charge on any atom is -0.458 e. The summed E-state index contributed by atoms with van der Waals surface area (Å²) < 4.78 is 5.86. The Hall–Kier alpha value is -4.21. The second kappa shape index (κ2) is 10.8. The molecule has 188 valence electrons. The number of fused-ring (bicyclic) bond motifs is 1. The van der Waals surface area contributed by atoms with Crippen LogP contribution in [-0.4, -0.2) is 52.9 Å². The highest BCUT2D eigenvalue weighted by atomic mass is 35.5. The molecule has 1 aromatic carbocycles. The number of carbonyl (C=O) groups is 2. The van der Waals surface area contributed by atoms with Crippen LogP contribution in [0.15, 0.2) is 65.4 Å². The quantitative estimate of drug-likeness (QED) is 0.335. The molecule has 0 atom stereocenters. The predicted molar refractivity (Wildman–Crippen MR) is 143 cm³/mol. The van der Waals surface area contributed by atoms with Gasteiger partial charge in [0.1, 0.15) is 11.6 Å². The minimum absolute atomic E-state index is 0.0180. The number of amides is 2. The lowest BCUT2D eigenvalue weighted by Crippen LogP contribution is -2.46. The molecule has 1 aliphatic rings. The number of nitrogens with two attached hydrogens (primary N) is 1. The molecule has 37 heavy (non-hydrogen) atoms. The predicted octanol–water partition coefficient (Wildman–Crippen LogP) is 3.50. The fourth-order valence-electron chi connectivity index (χ4n) is 4.06. The second-order valence-electron chi connectivity index (χ2n) is 8.63. The van der Waals surface area contributed by atoms with Crippen LogP contribution in [0.4, 0.5) is 5.82 Å². The average molecular weight is 517 g/mol. The number of aromatic nitrogens is 2. The van der Waals surface area contributed by atoms with Gasteiger partial charge in [-0.05, 0) is 54.1 Å². The topological polar surface area (TPSA) is 126 Å². The molecule has 5 rings (SSSR count). The van der Waals surface area contributed by atoms with Crippen molar-refractivity contribution in [2.75, 3.05) is 31.9 Å². The van der Waals surface area contributed by atoms with Gasteiger partial charge in [0.15, 0.2) is 5.58 Å². The number of hydrogen-bond acceptors (Lipinski definition) is 7. The van der Waals surface area contributed by atoms with E-state index in [0.29, 0.717) is 46.5 Å². The molecule has 10 heteroatoms. The lowest BCUT2D eigenvalue weighted by Gasteiger charge is -2.27. The molecule has 0 saturated carbocycles. The van der Waals surface area contributed by atoms with Gasteiger partial charge >= 0.3 is 0 Å². The summed E-state index contributed by atoms with van der Waals surface area (Å²) in [6.45, 7) is 3.16. The van der Waals surface area contributed by atoms with E-state index in [1.54, 1.807) is 42.7 Å². The van der Waals surface area contributed by atoms with Crippen molar-refractivity contribution in [1.29, 1.82) is 0 Å². The van der Waals surface area contributed by atoms with Crippen LogP contribution in [0, 0.1) is 0 Å². The van der Waals surface area contributed by atoms with Crippen molar-refractivity contribution < 1.29 is 14.0 Å². The summed E-state index contributed by atoms with van der Waals surface area (Å²) in [5.74, 6) is 0.691. The Morgan fingerprint density at radius 3 is 2.68 bits per heavy atom. The molecule has 9 nitrogen and oxygen atoms in total. The van der Waals surface area contributed by atoms with E-state index in [1.807, 2.05) is 23.1 Å². The smallest absolute Gasteiger partial charge is 0.255 e. The number of anilines is 1. The Balaban J connectivity index is 1.26. The summed E-state index contributed by atoms with van der Waals surface area (Å²) in [5.41, 5.74) is 8.92. The number of hydrogen-bond donors (Lipinski definition) is 3. The maximum Gasteiger partial charge on any atom is 0.255 e. The van der Waals surface area contributed by atoms with Crippen molar-refractivity contribution in [3.05, 3.63) is 82.8 Å². The molecular formula is C27H25ClN6O3. The fraction of sp³-hybridized carbons (Fsp3) is 0.185. The molecule has 4 heterocycles. The first-order valence-corrected chi connectivity index (χ1v) is 12.2. The van der Waals surface area contributed by atoms with Crippen LogP contribution >= 0.6 is 11.6 Å². The molecule has 3 aromatic heterocycles. The van der Waals surface area contributed by atoms with Gasteiger partial charge in [0.25, 0.3) is 5.91 Å². The SMILES string of the molecule is Nc1ccc(/C=C/C(=O)NCc2cc3cc(-c4ccc(C(=O)N5CCNCC5)cn4)cc(Cl)c3o2)cn1. The summed E-state index contributed by atoms with van der Waals surface area (Å²) in [6.07, 6.45) is 6.26. The monoisotopic (exact) mass is 516 g/mol. The maximum absolute atomic E-state index is 12.7. The van der Waals surface area contributed by atoms with E-state index in [-0.39, 0.29) is 18.4 Å². The molecule has 4 aromatic rings. The van der Waals surface area contributed by atoms with Crippen molar-refractivity contribution in [2.24, 2.45) is 0 Å². The van der Waals surface area contributed by atoms with E-state index in [2.05, 4.69) is 20.6 Å². The van der Waals surface area contributed by atoms with E-state index < -0.39 is 0 Å². The third-order valence-electron chi connectivity index (χ3n) is 6.01. The molecule has 0 bridgehead atoms. The first kappa shape index (κ1) is 24.5. The number of nitrogens with one attached hydrogen (secondary N) is 2. The number of pyridine rings is 2. The van der Waals surface area contributed by atoms with Gasteiger partial charge in [0.2, 0.25) is 5.91 Å². The van der Waals surface area contributed by atoms with Crippen LogP contribution in [0.5, 0.6) is 0 Å². The van der Waals surface area contributed by atoms with Gasteiger partial charge in [-0.1, -0.05) is 11.6 Å². The van der Waals surface area contributed by atoms with Crippen molar-refractivity contribution in [2.45, 2.75) is 6.54 Å². The Bertz CT molecular complexity index is 1460.